The SMILES string of the molecule is CC(=O)N(CCC=CC=c1c(C)c2c(n(-c3ccccc3)c1=O)=NN(c1ccccc1)C2=O)c1ccccc1. The van der Waals surface area contributed by atoms with E-state index in [1.54, 1.807) is 30.9 Å². The van der Waals surface area contributed by atoms with Crippen LogP contribution in [-0.4, -0.2) is 22.9 Å². The molecule has 1 aromatic heterocycles. The molecule has 0 fully saturated rings. The van der Waals surface area contributed by atoms with Crippen molar-refractivity contribution in [3.63, 3.8) is 0 Å². The molecule has 0 unspecified atom stereocenters. The first kappa shape index (κ1) is 25.6. The van der Waals surface area contributed by atoms with E-state index in [2.05, 4.69) is 5.10 Å². The number of nitrogens with zero attached hydrogens (tertiary/aromatic N) is 4. The summed E-state index contributed by atoms with van der Waals surface area (Å²) in [5, 5.41) is 6.35. The lowest BCUT2D eigenvalue weighted by atomic mass is 10.1. The highest BCUT2D eigenvalue weighted by molar-refractivity contribution is 6.08. The number of anilines is 2. The van der Waals surface area contributed by atoms with Crippen LogP contribution in [0.3, 0.4) is 0 Å². The van der Waals surface area contributed by atoms with Gasteiger partial charge in [-0.2, -0.15) is 5.01 Å². The normalized spacial score (nSPS) is 13.0. The van der Waals surface area contributed by atoms with E-state index < -0.39 is 0 Å². The largest absolute Gasteiger partial charge is 0.312 e. The van der Waals surface area contributed by atoms with Crippen LogP contribution in [0.25, 0.3) is 11.8 Å². The van der Waals surface area contributed by atoms with Gasteiger partial charge in [-0.1, -0.05) is 66.7 Å². The highest BCUT2D eigenvalue weighted by Gasteiger charge is 2.30. The molecule has 194 valence electrons. The maximum Gasteiger partial charge on any atom is 0.282 e. The molecule has 0 saturated carbocycles. The Morgan fingerprint density at radius 2 is 1.46 bits per heavy atom. The van der Waals surface area contributed by atoms with Gasteiger partial charge in [-0.25, -0.2) is 0 Å². The maximum absolute atomic E-state index is 13.8. The van der Waals surface area contributed by atoms with Crippen LogP contribution >= 0.6 is 0 Å². The zero-order chi connectivity index (χ0) is 27.4. The summed E-state index contributed by atoms with van der Waals surface area (Å²) in [6.45, 7) is 3.83. The van der Waals surface area contributed by atoms with Crippen molar-refractivity contribution in [3.05, 3.63) is 135 Å². The third kappa shape index (κ3) is 5.07. The zero-order valence-corrected chi connectivity index (χ0v) is 21.8. The fourth-order valence-corrected chi connectivity index (χ4v) is 4.69. The van der Waals surface area contributed by atoms with Crippen molar-refractivity contribution in [1.82, 2.24) is 4.57 Å². The van der Waals surface area contributed by atoms with E-state index in [-0.39, 0.29) is 17.4 Å². The number of carbonyl (C=O) groups excluding carboxylic acids is 2. The molecule has 0 radical (unpaired) electrons. The fraction of sp³-hybridized carbons (Fsp3) is 0.125. The third-order valence-corrected chi connectivity index (χ3v) is 6.63. The Hall–Kier alpha value is -5.04. The number of fused-ring (bicyclic) bond motifs is 1. The Morgan fingerprint density at radius 1 is 0.872 bits per heavy atom. The molecule has 39 heavy (non-hydrogen) atoms. The molecule has 2 amide bonds. The van der Waals surface area contributed by atoms with E-state index >= 15 is 0 Å². The molecular formula is C32H28N4O3. The van der Waals surface area contributed by atoms with Crippen molar-refractivity contribution in [2.45, 2.75) is 20.3 Å². The molecule has 1 aliphatic rings. The van der Waals surface area contributed by atoms with Gasteiger partial charge < -0.3 is 4.90 Å². The number of allylic oxidation sites excluding steroid dienone is 1. The van der Waals surface area contributed by atoms with Crippen LogP contribution in [0.2, 0.25) is 0 Å². The Morgan fingerprint density at radius 3 is 2.08 bits per heavy atom. The van der Waals surface area contributed by atoms with E-state index in [0.717, 1.165) is 5.69 Å². The Balaban J connectivity index is 1.53. The molecule has 0 N–H and O–H groups in total. The molecule has 1 aliphatic heterocycles. The average molecular weight is 517 g/mol. The minimum atomic E-state index is -0.281. The number of rotatable bonds is 7. The van der Waals surface area contributed by atoms with Crippen molar-refractivity contribution < 1.29 is 9.59 Å². The van der Waals surface area contributed by atoms with Gasteiger partial charge in [0.1, 0.15) is 0 Å². The predicted molar refractivity (Wildman–Crippen MR) is 153 cm³/mol. The molecule has 5 rings (SSSR count). The molecule has 3 aromatic carbocycles. The summed E-state index contributed by atoms with van der Waals surface area (Å²) in [4.78, 5) is 41.2. The number of hydrogen-bond donors (Lipinski definition) is 0. The van der Waals surface area contributed by atoms with E-state index in [9.17, 15) is 14.4 Å². The van der Waals surface area contributed by atoms with E-state index in [0.29, 0.717) is 46.2 Å². The van der Waals surface area contributed by atoms with Crippen molar-refractivity contribution in [1.29, 1.82) is 0 Å². The molecule has 7 nitrogen and oxygen atoms in total. The number of pyridine rings is 1. The van der Waals surface area contributed by atoms with Gasteiger partial charge in [0.2, 0.25) is 5.91 Å². The molecule has 0 saturated heterocycles. The first-order valence-electron chi connectivity index (χ1n) is 12.8. The summed E-state index contributed by atoms with van der Waals surface area (Å²) in [6, 6.07) is 27.9. The monoisotopic (exact) mass is 516 g/mol. The molecule has 0 atom stereocenters. The van der Waals surface area contributed by atoms with Crippen molar-refractivity contribution in [2.75, 3.05) is 16.5 Å². The zero-order valence-electron chi connectivity index (χ0n) is 21.8. The number of carbonyl (C=O) groups is 2. The summed E-state index contributed by atoms with van der Waals surface area (Å²) in [7, 11) is 0. The molecule has 0 aliphatic carbocycles. The first-order valence-corrected chi connectivity index (χ1v) is 12.8. The second kappa shape index (κ2) is 11.1. The number of amides is 2. The fourth-order valence-electron chi connectivity index (χ4n) is 4.69. The average Bonchev–Trinajstić information content (AvgIpc) is 3.30. The lowest BCUT2D eigenvalue weighted by molar-refractivity contribution is -0.116. The number of hydrogen-bond acceptors (Lipinski definition) is 4. The van der Waals surface area contributed by atoms with Crippen molar-refractivity contribution in [3.8, 4) is 5.69 Å². The van der Waals surface area contributed by atoms with Gasteiger partial charge in [-0.3, -0.25) is 19.0 Å². The molecule has 2 heterocycles. The predicted octanol–water partition coefficient (Wildman–Crippen LogP) is 4.12. The first-order chi connectivity index (χ1) is 19.0. The minimum Gasteiger partial charge on any atom is -0.312 e. The summed E-state index contributed by atoms with van der Waals surface area (Å²) in [6.07, 6.45) is 6.05. The van der Waals surface area contributed by atoms with Gasteiger partial charge in [0.05, 0.1) is 16.9 Å². The molecule has 7 heteroatoms. The Labute approximate surface area is 226 Å². The Bertz CT molecular complexity index is 1730. The van der Waals surface area contributed by atoms with Crippen LogP contribution in [-0.2, 0) is 4.79 Å². The topological polar surface area (TPSA) is 75.0 Å². The van der Waals surface area contributed by atoms with E-state index in [1.165, 1.54) is 9.58 Å². The number of benzene rings is 3. The minimum absolute atomic E-state index is 0.0379. The summed E-state index contributed by atoms with van der Waals surface area (Å²) < 4.78 is 1.50. The smallest absolute Gasteiger partial charge is 0.282 e. The maximum atomic E-state index is 13.8. The van der Waals surface area contributed by atoms with Gasteiger partial charge >= 0.3 is 0 Å². The van der Waals surface area contributed by atoms with E-state index in [4.69, 9.17) is 0 Å². The van der Waals surface area contributed by atoms with Crippen LogP contribution < -0.4 is 26.2 Å². The molecule has 4 aromatic rings. The summed E-state index contributed by atoms with van der Waals surface area (Å²) in [5.41, 5.74) is 3.13. The quantitative estimate of drug-likeness (QED) is 0.371. The van der Waals surface area contributed by atoms with E-state index in [1.807, 2.05) is 97.1 Å². The van der Waals surface area contributed by atoms with Crippen LogP contribution in [0.4, 0.5) is 11.4 Å². The van der Waals surface area contributed by atoms with Crippen LogP contribution in [0.1, 0.15) is 29.3 Å². The third-order valence-electron chi connectivity index (χ3n) is 6.63. The lowest BCUT2D eigenvalue weighted by Crippen LogP contribution is -2.45. The van der Waals surface area contributed by atoms with Crippen molar-refractivity contribution >= 4 is 29.3 Å². The lowest BCUT2D eigenvalue weighted by Gasteiger charge is -2.20. The molecule has 0 bridgehead atoms. The molecular weight excluding hydrogens is 488 g/mol. The van der Waals surface area contributed by atoms with Gasteiger partial charge in [0.25, 0.3) is 11.5 Å². The summed E-state index contributed by atoms with van der Waals surface area (Å²) in [5.74, 6) is -0.319. The highest BCUT2D eigenvalue weighted by atomic mass is 16.2. The Kier molecular flexibility index (Phi) is 7.32. The molecule has 0 spiro atoms. The second-order valence-corrected chi connectivity index (χ2v) is 9.16. The standard InChI is InChI=1S/C32H28N4O3/c1-23-28(21-13-6-14-22-34(24(2)37)25-15-7-3-8-16-25)31(38)35(26-17-9-4-10-18-26)30-29(23)32(39)36(33-30)27-19-11-5-12-20-27/h3-13,15-21H,14,22H2,1-2H3. The van der Waals surface area contributed by atoms with Crippen molar-refractivity contribution in [2.24, 2.45) is 5.10 Å². The number of para-hydroxylation sites is 3. The second-order valence-electron chi connectivity index (χ2n) is 9.16. The van der Waals surface area contributed by atoms with Gasteiger partial charge in [-0.15, -0.1) is 5.10 Å². The number of aromatic nitrogens is 1. The highest BCUT2D eigenvalue weighted by Crippen LogP contribution is 2.20. The van der Waals surface area contributed by atoms with Gasteiger partial charge in [0, 0.05) is 24.4 Å². The van der Waals surface area contributed by atoms with Crippen LogP contribution in [0.5, 0.6) is 0 Å². The van der Waals surface area contributed by atoms with Crippen LogP contribution in [0.15, 0.2) is 113 Å². The van der Waals surface area contributed by atoms with Gasteiger partial charge in [-0.05, 0) is 61.4 Å². The van der Waals surface area contributed by atoms with Gasteiger partial charge in [0.15, 0.2) is 5.49 Å². The summed E-state index contributed by atoms with van der Waals surface area (Å²) >= 11 is 0. The van der Waals surface area contributed by atoms with Crippen LogP contribution in [0, 0.1) is 6.92 Å².